The van der Waals surface area contributed by atoms with E-state index in [0.717, 1.165) is 29.8 Å². The molecule has 0 bridgehead atoms. The third kappa shape index (κ3) is 3.43. The second-order valence-electron chi connectivity index (χ2n) is 5.03. The van der Waals surface area contributed by atoms with Crippen molar-refractivity contribution in [2.45, 2.75) is 39.2 Å². The van der Waals surface area contributed by atoms with Crippen molar-refractivity contribution in [3.8, 4) is 0 Å². The van der Waals surface area contributed by atoms with Crippen LogP contribution in [0.1, 0.15) is 32.3 Å². The first-order valence-corrected chi connectivity index (χ1v) is 6.92. The molecular weight excluding hydrogens is 232 g/mol. The topological polar surface area (TPSA) is 24.9 Å². The highest BCUT2D eigenvalue weighted by Crippen LogP contribution is 2.39. The van der Waals surface area contributed by atoms with Crippen LogP contribution in [0, 0.1) is 11.8 Å². The largest absolute Gasteiger partial charge is 0.314 e. The highest BCUT2D eigenvalue weighted by Gasteiger charge is 2.33. The quantitative estimate of drug-likeness (QED) is 0.840. The van der Waals surface area contributed by atoms with Crippen LogP contribution in [-0.2, 0) is 6.42 Å². The van der Waals surface area contributed by atoms with Gasteiger partial charge >= 0.3 is 0 Å². The van der Waals surface area contributed by atoms with Crippen molar-refractivity contribution in [3.05, 3.63) is 29.0 Å². The molecule has 3 heteroatoms. The lowest BCUT2D eigenvalue weighted by atomic mass is 9.91. The van der Waals surface area contributed by atoms with Crippen molar-refractivity contribution in [1.29, 1.82) is 0 Å². The standard InChI is InChI=1S/C14H21ClN2/c1-3-17-14(10(2)11-4-5-11)8-12-6-7-16-9-13(12)15/h6-7,9-11,14,17H,3-5,8H2,1-2H3. The summed E-state index contributed by atoms with van der Waals surface area (Å²) < 4.78 is 0. The third-order valence-electron chi connectivity index (χ3n) is 3.76. The average Bonchev–Trinajstić information content (AvgIpc) is 3.14. The summed E-state index contributed by atoms with van der Waals surface area (Å²) in [6, 6.07) is 2.57. The molecule has 1 heterocycles. The van der Waals surface area contributed by atoms with Gasteiger partial charge in [-0.2, -0.15) is 0 Å². The van der Waals surface area contributed by atoms with Crippen molar-refractivity contribution in [2.24, 2.45) is 11.8 Å². The predicted molar refractivity (Wildman–Crippen MR) is 72.3 cm³/mol. The summed E-state index contributed by atoms with van der Waals surface area (Å²) in [5.74, 6) is 1.65. The normalized spacial score (nSPS) is 19.0. The molecule has 0 radical (unpaired) electrons. The van der Waals surface area contributed by atoms with E-state index >= 15 is 0 Å². The van der Waals surface area contributed by atoms with Crippen LogP contribution in [0.25, 0.3) is 0 Å². The van der Waals surface area contributed by atoms with Gasteiger partial charge in [-0.3, -0.25) is 4.98 Å². The van der Waals surface area contributed by atoms with Crippen molar-refractivity contribution < 1.29 is 0 Å². The lowest BCUT2D eigenvalue weighted by molar-refractivity contribution is 0.344. The van der Waals surface area contributed by atoms with Gasteiger partial charge in [0.05, 0.1) is 5.02 Å². The number of nitrogens with zero attached hydrogens (tertiary/aromatic N) is 1. The predicted octanol–water partition coefficient (Wildman–Crippen LogP) is 3.30. The molecule has 2 atom stereocenters. The van der Waals surface area contributed by atoms with E-state index < -0.39 is 0 Å². The Kier molecular flexibility index (Phi) is 4.41. The van der Waals surface area contributed by atoms with Crippen LogP contribution in [0.15, 0.2) is 18.5 Å². The summed E-state index contributed by atoms with van der Waals surface area (Å²) >= 11 is 6.18. The minimum atomic E-state index is 0.535. The minimum absolute atomic E-state index is 0.535. The Balaban J connectivity index is 2.04. The minimum Gasteiger partial charge on any atom is -0.314 e. The molecule has 1 aromatic rings. The summed E-state index contributed by atoms with van der Waals surface area (Å²) in [4.78, 5) is 4.04. The molecule has 17 heavy (non-hydrogen) atoms. The van der Waals surface area contributed by atoms with Gasteiger partial charge in [0.15, 0.2) is 0 Å². The summed E-state index contributed by atoms with van der Waals surface area (Å²) in [6.45, 7) is 5.55. The first-order valence-electron chi connectivity index (χ1n) is 6.54. The van der Waals surface area contributed by atoms with Gasteiger partial charge in [0.2, 0.25) is 0 Å². The van der Waals surface area contributed by atoms with E-state index in [4.69, 9.17) is 11.6 Å². The number of hydrogen-bond acceptors (Lipinski definition) is 2. The van der Waals surface area contributed by atoms with Gasteiger partial charge in [-0.1, -0.05) is 25.4 Å². The van der Waals surface area contributed by atoms with Crippen LogP contribution in [0.5, 0.6) is 0 Å². The molecule has 1 fully saturated rings. The molecule has 1 aliphatic carbocycles. The Morgan fingerprint density at radius 1 is 1.53 bits per heavy atom. The zero-order valence-corrected chi connectivity index (χ0v) is 11.4. The van der Waals surface area contributed by atoms with Gasteiger partial charge in [0.1, 0.15) is 0 Å². The fraction of sp³-hybridized carbons (Fsp3) is 0.643. The van der Waals surface area contributed by atoms with Crippen molar-refractivity contribution in [1.82, 2.24) is 10.3 Å². The lowest BCUT2D eigenvalue weighted by Gasteiger charge is -2.25. The lowest BCUT2D eigenvalue weighted by Crippen LogP contribution is -2.37. The summed E-state index contributed by atoms with van der Waals surface area (Å²) in [6.07, 6.45) is 7.36. The average molecular weight is 253 g/mol. The Labute approximate surface area is 109 Å². The summed E-state index contributed by atoms with van der Waals surface area (Å²) in [7, 11) is 0. The Morgan fingerprint density at radius 2 is 2.29 bits per heavy atom. The van der Waals surface area contributed by atoms with Gasteiger partial charge in [-0.15, -0.1) is 0 Å². The molecule has 0 aromatic carbocycles. The molecule has 1 N–H and O–H groups in total. The van der Waals surface area contributed by atoms with E-state index in [1.54, 1.807) is 6.20 Å². The van der Waals surface area contributed by atoms with E-state index in [1.165, 1.54) is 18.4 Å². The fourth-order valence-electron chi connectivity index (χ4n) is 2.46. The molecule has 0 aliphatic heterocycles. The molecular formula is C14H21ClN2. The summed E-state index contributed by atoms with van der Waals surface area (Å²) in [5.41, 5.74) is 1.21. The number of likely N-dealkylation sites (N-methyl/N-ethyl adjacent to an activating group) is 1. The molecule has 1 aliphatic rings. The van der Waals surface area contributed by atoms with Gasteiger partial charge < -0.3 is 5.32 Å². The zero-order chi connectivity index (χ0) is 12.3. The molecule has 0 spiro atoms. The smallest absolute Gasteiger partial charge is 0.0621 e. The molecule has 0 amide bonds. The molecule has 2 nitrogen and oxygen atoms in total. The monoisotopic (exact) mass is 252 g/mol. The molecule has 0 saturated heterocycles. The SMILES string of the molecule is CCNC(Cc1ccncc1Cl)C(C)C1CC1. The molecule has 1 aromatic heterocycles. The van der Waals surface area contributed by atoms with Gasteiger partial charge in [-0.25, -0.2) is 0 Å². The maximum Gasteiger partial charge on any atom is 0.0621 e. The number of hydrogen-bond donors (Lipinski definition) is 1. The van der Waals surface area contributed by atoms with Gasteiger partial charge in [-0.05, 0) is 49.3 Å². The van der Waals surface area contributed by atoms with Crippen molar-refractivity contribution in [3.63, 3.8) is 0 Å². The Bertz CT molecular complexity index is 363. The molecule has 2 rings (SSSR count). The first-order chi connectivity index (χ1) is 8.22. The van der Waals surface area contributed by atoms with Crippen LogP contribution in [0.3, 0.4) is 0 Å². The third-order valence-corrected chi connectivity index (χ3v) is 4.10. The number of aromatic nitrogens is 1. The second-order valence-corrected chi connectivity index (χ2v) is 5.44. The van der Waals surface area contributed by atoms with Gasteiger partial charge in [0.25, 0.3) is 0 Å². The molecule has 94 valence electrons. The highest BCUT2D eigenvalue weighted by atomic mass is 35.5. The zero-order valence-electron chi connectivity index (χ0n) is 10.6. The first kappa shape index (κ1) is 12.8. The van der Waals surface area contributed by atoms with E-state index in [-0.39, 0.29) is 0 Å². The van der Waals surface area contributed by atoms with E-state index in [9.17, 15) is 0 Å². The van der Waals surface area contributed by atoms with Crippen LogP contribution < -0.4 is 5.32 Å². The van der Waals surface area contributed by atoms with Crippen LogP contribution >= 0.6 is 11.6 Å². The van der Waals surface area contributed by atoms with Crippen LogP contribution in [0.4, 0.5) is 0 Å². The maximum atomic E-state index is 6.18. The molecule has 2 unspecified atom stereocenters. The fourth-order valence-corrected chi connectivity index (χ4v) is 2.66. The number of halogens is 1. The van der Waals surface area contributed by atoms with E-state index in [2.05, 4.69) is 24.1 Å². The Hall–Kier alpha value is -0.600. The van der Waals surface area contributed by atoms with Crippen molar-refractivity contribution >= 4 is 11.6 Å². The summed E-state index contributed by atoms with van der Waals surface area (Å²) in [5, 5.41) is 4.39. The second kappa shape index (κ2) is 5.83. The van der Waals surface area contributed by atoms with Crippen LogP contribution in [-0.4, -0.2) is 17.6 Å². The van der Waals surface area contributed by atoms with E-state index in [1.807, 2.05) is 12.3 Å². The van der Waals surface area contributed by atoms with Crippen LogP contribution in [0.2, 0.25) is 5.02 Å². The number of rotatable bonds is 6. The maximum absolute atomic E-state index is 6.18. The van der Waals surface area contributed by atoms with Crippen molar-refractivity contribution in [2.75, 3.05) is 6.54 Å². The number of pyridine rings is 1. The van der Waals surface area contributed by atoms with E-state index in [0.29, 0.717) is 6.04 Å². The van der Waals surface area contributed by atoms with Gasteiger partial charge in [0, 0.05) is 18.4 Å². The number of nitrogens with one attached hydrogen (secondary N) is 1. The molecule has 1 saturated carbocycles. The highest BCUT2D eigenvalue weighted by molar-refractivity contribution is 6.31. The Morgan fingerprint density at radius 3 is 2.88 bits per heavy atom.